The Morgan fingerprint density at radius 2 is 2.00 bits per heavy atom. The van der Waals surface area contributed by atoms with Crippen molar-refractivity contribution in [1.29, 1.82) is 0 Å². The minimum atomic E-state index is -0.822. The second kappa shape index (κ2) is 5.74. The topological polar surface area (TPSA) is 49.4 Å². The summed E-state index contributed by atoms with van der Waals surface area (Å²) in [6, 6.07) is 5.28. The smallest absolute Gasteiger partial charge is 0.253 e. The van der Waals surface area contributed by atoms with E-state index in [0.717, 1.165) is 0 Å². The molecule has 6 heteroatoms. The lowest BCUT2D eigenvalue weighted by molar-refractivity contribution is -0.136. The highest BCUT2D eigenvalue weighted by Gasteiger charge is 2.44. The van der Waals surface area contributed by atoms with Crippen LogP contribution in [0.3, 0.4) is 0 Å². The van der Waals surface area contributed by atoms with E-state index in [1.807, 2.05) is 13.8 Å². The fourth-order valence-corrected chi connectivity index (χ4v) is 3.11. The molecule has 0 aliphatic carbocycles. The zero-order chi connectivity index (χ0) is 14.9. The van der Waals surface area contributed by atoms with Crippen LogP contribution in [0.1, 0.15) is 26.7 Å². The van der Waals surface area contributed by atoms with E-state index in [4.69, 9.17) is 11.6 Å². The van der Waals surface area contributed by atoms with Crippen LogP contribution in [0.5, 0.6) is 0 Å². The Kier molecular flexibility index (Phi) is 4.39. The number of benzene rings is 1. The maximum atomic E-state index is 12.8. The average molecular weight is 360 g/mol. The van der Waals surface area contributed by atoms with Gasteiger partial charge in [-0.25, -0.2) is 0 Å². The minimum absolute atomic E-state index is 0.0134. The van der Waals surface area contributed by atoms with Gasteiger partial charge in [-0.1, -0.05) is 31.5 Å². The number of nitrogens with one attached hydrogen (secondary N) is 1. The number of rotatable bonds is 3. The first-order valence-corrected chi connectivity index (χ1v) is 7.69. The summed E-state index contributed by atoms with van der Waals surface area (Å²) in [4.78, 5) is 26.2. The van der Waals surface area contributed by atoms with Crippen molar-refractivity contribution in [3.63, 3.8) is 0 Å². The van der Waals surface area contributed by atoms with Crippen molar-refractivity contribution in [1.82, 2.24) is 5.32 Å². The molecule has 1 aromatic rings. The zero-order valence-corrected chi connectivity index (χ0v) is 13.7. The predicted molar refractivity (Wildman–Crippen MR) is 83.0 cm³/mol. The van der Waals surface area contributed by atoms with Crippen LogP contribution >= 0.6 is 27.5 Å². The van der Waals surface area contributed by atoms with E-state index in [-0.39, 0.29) is 18.4 Å². The van der Waals surface area contributed by atoms with E-state index >= 15 is 0 Å². The molecule has 1 heterocycles. The Balaban J connectivity index is 2.48. The molecule has 0 atom stereocenters. The second-order valence-electron chi connectivity index (χ2n) is 4.80. The van der Waals surface area contributed by atoms with E-state index < -0.39 is 5.54 Å². The van der Waals surface area contributed by atoms with E-state index in [2.05, 4.69) is 21.2 Å². The van der Waals surface area contributed by atoms with Crippen LogP contribution in [0, 0.1) is 0 Å². The number of carbonyl (C=O) groups excluding carboxylic acids is 2. The van der Waals surface area contributed by atoms with Crippen LogP contribution in [0.15, 0.2) is 22.7 Å². The van der Waals surface area contributed by atoms with Crippen molar-refractivity contribution in [3.8, 4) is 0 Å². The molecule has 2 amide bonds. The van der Waals surface area contributed by atoms with Crippen molar-refractivity contribution in [2.75, 3.05) is 11.4 Å². The van der Waals surface area contributed by atoms with Crippen molar-refractivity contribution >= 4 is 45.0 Å². The molecule has 4 nitrogen and oxygen atoms in total. The van der Waals surface area contributed by atoms with Crippen LogP contribution in [-0.4, -0.2) is 23.9 Å². The molecule has 0 aromatic heterocycles. The molecule has 1 aliphatic heterocycles. The maximum Gasteiger partial charge on any atom is 0.253 e. The van der Waals surface area contributed by atoms with Gasteiger partial charge in [0.05, 0.1) is 15.2 Å². The third-order valence-electron chi connectivity index (χ3n) is 3.76. The van der Waals surface area contributed by atoms with Gasteiger partial charge in [0.25, 0.3) is 5.91 Å². The van der Waals surface area contributed by atoms with Gasteiger partial charge >= 0.3 is 0 Å². The van der Waals surface area contributed by atoms with Crippen LogP contribution in [0.4, 0.5) is 5.69 Å². The highest BCUT2D eigenvalue weighted by atomic mass is 79.9. The van der Waals surface area contributed by atoms with Crippen LogP contribution in [-0.2, 0) is 9.59 Å². The normalized spacial score (nSPS) is 18.1. The molecule has 0 saturated carbocycles. The molecular weight excluding hydrogens is 344 g/mol. The van der Waals surface area contributed by atoms with Crippen molar-refractivity contribution in [3.05, 3.63) is 27.7 Å². The molecule has 108 valence electrons. The summed E-state index contributed by atoms with van der Waals surface area (Å²) >= 11 is 9.46. The fraction of sp³-hybridized carbons (Fsp3) is 0.429. The second-order valence-corrected chi connectivity index (χ2v) is 6.00. The molecule has 2 rings (SSSR count). The number of anilines is 1. The molecule has 1 N–H and O–H groups in total. The number of carbonyl (C=O) groups is 2. The summed E-state index contributed by atoms with van der Waals surface area (Å²) in [5.74, 6) is -0.245. The first-order valence-electron chi connectivity index (χ1n) is 6.52. The van der Waals surface area contributed by atoms with Gasteiger partial charge in [-0.3, -0.25) is 14.5 Å². The largest absolute Gasteiger partial charge is 0.340 e. The highest BCUT2D eigenvalue weighted by Crippen LogP contribution is 2.35. The Bertz CT molecular complexity index is 558. The van der Waals surface area contributed by atoms with Gasteiger partial charge in [-0.05, 0) is 40.9 Å². The molecule has 1 aromatic carbocycles. The van der Waals surface area contributed by atoms with Gasteiger partial charge in [0.1, 0.15) is 12.1 Å². The summed E-state index contributed by atoms with van der Waals surface area (Å²) in [7, 11) is 0. The number of halogens is 2. The van der Waals surface area contributed by atoms with E-state index in [0.29, 0.717) is 28.0 Å². The summed E-state index contributed by atoms with van der Waals surface area (Å²) < 4.78 is 0.630. The van der Waals surface area contributed by atoms with Gasteiger partial charge in [0, 0.05) is 0 Å². The van der Waals surface area contributed by atoms with Gasteiger partial charge in [-0.15, -0.1) is 0 Å². The summed E-state index contributed by atoms with van der Waals surface area (Å²) in [6.07, 6.45) is 1.12. The fourth-order valence-electron chi connectivity index (χ4n) is 2.46. The molecule has 1 saturated heterocycles. The van der Waals surface area contributed by atoms with Gasteiger partial charge in [0.15, 0.2) is 0 Å². The SMILES string of the molecule is CCC1(CC)NC(=O)CN(c2cccc(Cl)c2Br)C1=O. The minimum Gasteiger partial charge on any atom is -0.340 e. The quantitative estimate of drug-likeness (QED) is 0.901. The third kappa shape index (κ3) is 2.44. The molecule has 1 fully saturated rings. The summed E-state index contributed by atoms with van der Waals surface area (Å²) in [5.41, 5.74) is -0.194. The van der Waals surface area contributed by atoms with Crippen molar-refractivity contribution in [2.45, 2.75) is 32.2 Å². The molecule has 0 spiro atoms. The summed E-state index contributed by atoms with van der Waals surface area (Å²) in [6.45, 7) is 3.82. The molecule has 0 unspecified atom stereocenters. The molecular formula is C14H16BrClN2O2. The number of amides is 2. The Labute approximate surface area is 131 Å². The Morgan fingerprint density at radius 1 is 1.35 bits per heavy atom. The number of hydrogen-bond acceptors (Lipinski definition) is 2. The predicted octanol–water partition coefficient (Wildman–Crippen LogP) is 3.12. The van der Waals surface area contributed by atoms with E-state index in [1.165, 1.54) is 4.90 Å². The number of hydrogen-bond donors (Lipinski definition) is 1. The average Bonchev–Trinajstić information content (AvgIpc) is 2.44. The lowest BCUT2D eigenvalue weighted by atomic mass is 9.88. The number of piperazine rings is 1. The molecule has 1 aliphatic rings. The van der Waals surface area contributed by atoms with E-state index in [9.17, 15) is 9.59 Å². The van der Waals surface area contributed by atoms with Crippen LogP contribution in [0.2, 0.25) is 5.02 Å². The van der Waals surface area contributed by atoms with Crippen LogP contribution < -0.4 is 10.2 Å². The molecule has 0 radical (unpaired) electrons. The number of nitrogens with zero attached hydrogens (tertiary/aromatic N) is 1. The van der Waals surface area contributed by atoms with Crippen molar-refractivity contribution in [2.24, 2.45) is 0 Å². The first-order chi connectivity index (χ1) is 9.45. The van der Waals surface area contributed by atoms with Gasteiger partial charge in [-0.2, -0.15) is 0 Å². The Hall–Kier alpha value is -1.07. The van der Waals surface area contributed by atoms with Gasteiger partial charge < -0.3 is 5.32 Å². The highest BCUT2D eigenvalue weighted by molar-refractivity contribution is 9.10. The monoisotopic (exact) mass is 358 g/mol. The molecule has 0 bridgehead atoms. The zero-order valence-electron chi connectivity index (χ0n) is 11.4. The molecule has 20 heavy (non-hydrogen) atoms. The van der Waals surface area contributed by atoms with Crippen LogP contribution in [0.25, 0.3) is 0 Å². The third-order valence-corrected chi connectivity index (χ3v) is 5.14. The lowest BCUT2D eigenvalue weighted by Gasteiger charge is -2.41. The van der Waals surface area contributed by atoms with Gasteiger partial charge in [0.2, 0.25) is 5.91 Å². The Morgan fingerprint density at radius 3 is 2.60 bits per heavy atom. The van der Waals surface area contributed by atoms with E-state index in [1.54, 1.807) is 18.2 Å². The van der Waals surface area contributed by atoms with Crippen molar-refractivity contribution < 1.29 is 9.59 Å². The standard InChI is InChI=1S/C14H16BrClN2O2/c1-3-14(4-2)13(20)18(8-11(19)17-14)10-7-5-6-9(16)12(10)15/h5-7H,3-4,8H2,1-2H3,(H,17,19). The summed E-state index contributed by atoms with van der Waals surface area (Å²) in [5, 5.41) is 3.35. The lowest BCUT2D eigenvalue weighted by Crippen LogP contribution is -2.66. The first kappa shape index (κ1) is 15.3. The maximum absolute atomic E-state index is 12.8.